The maximum atomic E-state index is 12.0. The van der Waals surface area contributed by atoms with E-state index >= 15 is 0 Å². The second kappa shape index (κ2) is 5.35. The molecule has 4 heteroatoms. The monoisotopic (exact) mass is 267 g/mol. The van der Waals surface area contributed by atoms with Gasteiger partial charge in [0, 0.05) is 24.5 Å². The maximum absolute atomic E-state index is 12.0. The summed E-state index contributed by atoms with van der Waals surface area (Å²) in [6.45, 7) is 1.81. The fourth-order valence-electron chi connectivity index (χ4n) is 2.51. The molecule has 0 saturated heterocycles. The molecule has 1 aliphatic heterocycles. The van der Waals surface area contributed by atoms with Gasteiger partial charge in [0.15, 0.2) is 0 Å². The summed E-state index contributed by atoms with van der Waals surface area (Å²) < 4.78 is 0. The number of amides is 2. The molecule has 2 aromatic rings. The second-order valence-electron chi connectivity index (χ2n) is 5.06. The molecule has 2 amide bonds. The van der Waals surface area contributed by atoms with Gasteiger partial charge in [0.1, 0.15) is 0 Å². The Morgan fingerprint density at radius 2 is 1.80 bits per heavy atom. The quantitative estimate of drug-likeness (QED) is 0.877. The Morgan fingerprint density at radius 3 is 2.60 bits per heavy atom. The van der Waals surface area contributed by atoms with Gasteiger partial charge < -0.3 is 10.6 Å². The van der Waals surface area contributed by atoms with E-state index in [0.717, 1.165) is 24.5 Å². The van der Waals surface area contributed by atoms with Crippen molar-refractivity contribution in [1.82, 2.24) is 4.90 Å². The van der Waals surface area contributed by atoms with Gasteiger partial charge in [-0.3, -0.25) is 4.90 Å². The van der Waals surface area contributed by atoms with Crippen molar-refractivity contribution < 1.29 is 4.79 Å². The van der Waals surface area contributed by atoms with Gasteiger partial charge in [-0.15, -0.1) is 0 Å². The third kappa shape index (κ3) is 2.65. The molecule has 1 heterocycles. The van der Waals surface area contributed by atoms with Gasteiger partial charge in [0.2, 0.25) is 0 Å². The van der Waals surface area contributed by atoms with Crippen molar-refractivity contribution in [3.05, 3.63) is 59.7 Å². The number of carbonyl (C=O) groups excluding carboxylic acids is 1. The summed E-state index contributed by atoms with van der Waals surface area (Å²) in [7, 11) is 2.08. The van der Waals surface area contributed by atoms with Crippen molar-refractivity contribution in [3.8, 4) is 0 Å². The summed E-state index contributed by atoms with van der Waals surface area (Å²) in [6, 6.07) is 15.3. The normalized spacial score (nSPS) is 13.8. The van der Waals surface area contributed by atoms with Crippen LogP contribution in [0.3, 0.4) is 0 Å². The SMILES string of the molecule is CN1Cc2cccc(NC(=O)Nc3ccccc3)c2C1. The van der Waals surface area contributed by atoms with Gasteiger partial charge in [0.05, 0.1) is 0 Å². The number of fused-ring (bicyclic) bond motifs is 1. The summed E-state index contributed by atoms with van der Waals surface area (Å²) in [5.74, 6) is 0. The molecule has 1 aliphatic rings. The fraction of sp³-hybridized carbons (Fsp3) is 0.188. The minimum absolute atomic E-state index is 0.209. The van der Waals surface area contributed by atoms with Crippen LogP contribution >= 0.6 is 0 Å². The lowest BCUT2D eigenvalue weighted by molar-refractivity contribution is 0.262. The van der Waals surface area contributed by atoms with Gasteiger partial charge in [-0.1, -0.05) is 30.3 Å². The third-order valence-electron chi connectivity index (χ3n) is 3.42. The standard InChI is InChI=1S/C16H17N3O/c1-19-10-12-6-5-9-15(14(12)11-19)18-16(20)17-13-7-3-2-4-8-13/h2-9H,10-11H2,1H3,(H2,17,18,20). The smallest absolute Gasteiger partial charge is 0.308 e. The number of benzene rings is 2. The van der Waals surface area contributed by atoms with Crippen molar-refractivity contribution in [3.63, 3.8) is 0 Å². The first-order valence-electron chi connectivity index (χ1n) is 6.65. The zero-order valence-electron chi connectivity index (χ0n) is 11.4. The number of carbonyl (C=O) groups is 1. The molecule has 20 heavy (non-hydrogen) atoms. The number of nitrogens with one attached hydrogen (secondary N) is 2. The molecule has 2 N–H and O–H groups in total. The van der Waals surface area contributed by atoms with Gasteiger partial charge in [-0.2, -0.15) is 0 Å². The molecule has 0 radical (unpaired) electrons. The van der Waals surface area contributed by atoms with E-state index in [-0.39, 0.29) is 6.03 Å². The number of nitrogens with zero attached hydrogens (tertiary/aromatic N) is 1. The van der Waals surface area contributed by atoms with E-state index in [9.17, 15) is 4.79 Å². The van der Waals surface area contributed by atoms with Crippen LogP contribution in [0, 0.1) is 0 Å². The van der Waals surface area contributed by atoms with E-state index in [2.05, 4.69) is 28.6 Å². The molecule has 102 valence electrons. The molecular weight excluding hydrogens is 250 g/mol. The molecule has 0 spiro atoms. The first-order chi connectivity index (χ1) is 9.72. The Labute approximate surface area is 118 Å². The Hall–Kier alpha value is -2.33. The summed E-state index contributed by atoms with van der Waals surface area (Å²) in [5.41, 5.74) is 4.16. The summed E-state index contributed by atoms with van der Waals surface area (Å²) in [6.07, 6.45) is 0. The molecule has 0 atom stereocenters. The number of rotatable bonds is 2. The Balaban J connectivity index is 1.73. The summed E-state index contributed by atoms with van der Waals surface area (Å²) in [5, 5.41) is 5.76. The van der Waals surface area contributed by atoms with E-state index in [0.29, 0.717) is 0 Å². The predicted molar refractivity (Wildman–Crippen MR) is 80.7 cm³/mol. The van der Waals surface area contributed by atoms with Crippen LogP contribution in [-0.2, 0) is 13.1 Å². The van der Waals surface area contributed by atoms with Gasteiger partial charge in [-0.05, 0) is 36.4 Å². The van der Waals surface area contributed by atoms with Crippen LogP contribution in [0.1, 0.15) is 11.1 Å². The van der Waals surface area contributed by atoms with Crippen LogP contribution < -0.4 is 10.6 Å². The van der Waals surface area contributed by atoms with Gasteiger partial charge >= 0.3 is 6.03 Å². The molecule has 0 bridgehead atoms. The van der Waals surface area contributed by atoms with E-state index < -0.39 is 0 Å². The minimum atomic E-state index is -0.209. The maximum Gasteiger partial charge on any atom is 0.323 e. The van der Waals surface area contributed by atoms with Crippen LogP contribution in [0.5, 0.6) is 0 Å². The van der Waals surface area contributed by atoms with Crippen molar-refractivity contribution in [2.24, 2.45) is 0 Å². The van der Waals surface area contributed by atoms with Crippen LogP contribution in [-0.4, -0.2) is 18.0 Å². The number of hydrogen-bond donors (Lipinski definition) is 2. The zero-order chi connectivity index (χ0) is 13.9. The first kappa shape index (κ1) is 12.7. The highest BCUT2D eigenvalue weighted by molar-refractivity contribution is 6.00. The molecule has 3 rings (SSSR count). The number of para-hydroxylation sites is 1. The molecule has 2 aromatic carbocycles. The molecular formula is C16H17N3O. The van der Waals surface area contributed by atoms with Crippen LogP contribution in [0.25, 0.3) is 0 Å². The molecule has 0 unspecified atom stereocenters. The van der Waals surface area contributed by atoms with Gasteiger partial charge in [-0.25, -0.2) is 4.79 Å². The average molecular weight is 267 g/mol. The van der Waals surface area contributed by atoms with Crippen molar-refractivity contribution in [2.75, 3.05) is 17.7 Å². The molecule has 0 fully saturated rings. The lowest BCUT2D eigenvalue weighted by atomic mass is 10.1. The lowest BCUT2D eigenvalue weighted by Gasteiger charge is -2.11. The first-order valence-corrected chi connectivity index (χ1v) is 6.65. The van der Waals surface area contributed by atoms with Crippen LogP contribution in [0.2, 0.25) is 0 Å². The number of hydrogen-bond acceptors (Lipinski definition) is 2. The highest BCUT2D eigenvalue weighted by atomic mass is 16.2. The van der Waals surface area contributed by atoms with Gasteiger partial charge in [0.25, 0.3) is 0 Å². The fourth-order valence-corrected chi connectivity index (χ4v) is 2.51. The minimum Gasteiger partial charge on any atom is -0.308 e. The van der Waals surface area contributed by atoms with E-state index in [1.54, 1.807) is 0 Å². The molecule has 4 nitrogen and oxygen atoms in total. The van der Waals surface area contributed by atoms with Crippen molar-refractivity contribution >= 4 is 17.4 Å². The predicted octanol–water partition coefficient (Wildman–Crippen LogP) is 3.28. The Bertz CT molecular complexity index is 625. The van der Waals surface area contributed by atoms with Crippen LogP contribution in [0.15, 0.2) is 48.5 Å². The summed E-state index contributed by atoms with van der Waals surface area (Å²) in [4.78, 5) is 14.3. The molecule has 0 saturated carbocycles. The average Bonchev–Trinajstić information content (AvgIpc) is 2.81. The Kier molecular flexibility index (Phi) is 3.39. The highest BCUT2D eigenvalue weighted by Gasteiger charge is 2.19. The second-order valence-corrected chi connectivity index (χ2v) is 5.06. The third-order valence-corrected chi connectivity index (χ3v) is 3.42. The summed E-state index contributed by atoms with van der Waals surface area (Å²) >= 11 is 0. The molecule has 0 aliphatic carbocycles. The highest BCUT2D eigenvalue weighted by Crippen LogP contribution is 2.28. The zero-order valence-corrected chi connectivity index (χ0v) is 11.4. The van der Waals surface area contributed by atoms with E-state index in [1.165, 1.54) is 11.1 Å². The van der Waals surface area contributed by atoms with E-state index in [4.69, 9.17) is 0 Å². The number of anilines is 2. The van der Waals surface area contributed by atoms with Crippen LogP contribution in [0.4, 0.5) is 16.2 Å². The number of urea groups is 1. The largest absolute Gasteiger partial charge is 0.323 e. The van der Waals surface area contributed by atoms with Crippen molar-refractivity contribution in [2.45, 2.75) is 13.1 Å². The van der Waals surface area contributed by atoms with E-state index in [1.807, 2.05) is 42.5 Å². The lowest BCUT2D eigenvalue weighted by Crippen LogP contribution is -2.20. The Morgan fingerprint density at radius 1 is 1.00 bits per heavy atom. The topological polar surface area (TPSA) is 44.4 Å². The molecule has 0 aromatic heterocycles. The van der Waals surface area contributed by atoms with Crippen molar-refractivity contribution in [1.29, 1.82) is 0 Å².